The first kappa shape index (κ1) is 6.05. The van der Waals surface area contributed by atoms with Gasteiger partial charge < -0.3 is 9.47 Å². The fourth-order valence-corrected chi connectivity index (χ4v) is 0.930. The van der Waals surface area contributed by atoms with E-state index in [0.29, 0.717) is 6.10 Å². The maximum absolute atomic E-state index is 5.29. The fourth-order valence-electron chi connectivity index (χ4n) is 0.930. The van der Waals surface area contributed by atoms with Gasteiger partial charge in [0.05, 0.1) is 0 Å². The minimum Gasteiger partial charge on any atom is -0.404 e. The molecule has 0 aromatic rings. The second-order valence-electron chi connectivity index (χ2n) is 2.74. The minimum atomic E-state index is -0.209. The van der Waals surface area contributed by atoms with Crippen LogP contribution < -0.4 is 0 Å². The summed E-state index contributed by atoms with van der Waals surface area (Å²) in [6, 6.07) is 0. The Hall–Kier alpha value is -0.0800. The zero-order valence-electron chi connectivity index (χ0n) is 5.64. The Morgan fingerprint density at radius 2 is 2.25 bits per heavy atom. The van der Waals surface area contributed by atoms with Crippen molar-refractivity contribution in [3.05, 3.63) is 0 Å². The molecule has 0 radical (unpaired) electrons. The molecule has 0 aromatic carbocycles. The van der Waals surface area contributed by atoms with E-state index in [1.807, 2.05) is 13.8 Å². The first-order chi connectivity index (χ1) is 3.60. The molecule has 1 aliphatic heterocycles. The standard InChI is InChI=1S/C6H12O2/c1-5-4-7-6(2,3)8-5/h5H,4H2,1-3H3/p+1. The predicted molar refractivity (Wildman–Crippen MR) is 31.7 cm³/mol. The highest BCUT2D eigenvalue weighted by Gasteiger charge is 2.35. The molecule has 1 atom stereocenters. The van der Waals surface area contributed by atoms with Gasteiger partial charge in [0, 0.05) is 20.8 Å². The highest BCUT2D eigenvalue weighted by atomic mass is 16.7. The minimum absolute atomic E-state index is 0.209. The molecule has 0 saturated carbocycles. The van der Waals surface area contributed by atoms with Crippen LogP contribution in [0.15, 0.2) is 0 Å². The van der Waals surface area contributed by atoms with Crippen LogP contribution in [-0.4, -0.2) is 23.2 Å². The van der Waals surface area contributed by atoms with E-state index in [2.05, 4.69) is 11.7 Å². The highest BCUT2D eigenvalue weighted by molar-refractivity contribution is 4.63. The van der Waals surface area contributed by atoms with E-state index in [-0.39, 0.29) is 5.79 Å². The van der Waals surface area contributed by atoms with E-state index < -0.39 is 0 Å². The first-order valence-electron chi connectivity index (χ1n) is 2.96. The maximum atomic E-state index is 5.29. The molecule has 0 amide bonds. The monoisotopic (exact) mass is 117 g/mol. The third kappa shape index (κ3) is 1.20. The van der Waals surface area contributed by atoms with Crippen molar-refractivity contribution in [2.75, 3.05) is 6.61 Å². The average molecular weight is 117 g/mol. The topological polar surface area (TPSA) is 22.0 Å². The molecule has 1 heterocycles. The van der Waals surface area contributed by atoms with Crippen LogP contribution in [0, 0.1) is 0 Å². The molecule has 0 aromatic heterocycles. The van der Waals surface area contributed by atoms with Gasteiger partial charge in [-0.2, -0.15) is 0 Å². The van der Waals surface area contributed by atoms with Gasteiger partial charge >= 0.3 is 0 Å². The first-order valence-corrected chi connectivity index (χ1v) is 2.96. The van der Waals surface area contributed by atoms with Crippen LogP contribution in [0.1, 0.15) is 20.8 Å². The van der Waals surface area contributed by atoms with Crippen molar-refractivity contribution in [2.24, 2.45) is 0 Å². The molecule has 2 heteroatoms. The number of hydrogen-bond acceptors (Lipinski definition) is 1. The Morgan fingerprint density at radius 3 is 2.38 bits per heavy atom. The molecule has 0 aliphatic carbocycles. The normalized spacial score (nSPS) is 35.6. The van der Waals surface area contributed by atoms with Gasteiger partial charge in [-0.15, -0.1) is 0 Å². The van der Waals surface area contributed by atoms with Crippen LogP contribution in [-0.2, 0) is 4.74 Å². The van der Waals surface area contributed by atoms with E-state index in [0.717, 1.165) is 6.61 Å². The third-order valence-corrected chi connectivity index (χ3v) is 1.21. The molecule has 0 bridgehead atoms. The van der Waals surface area contributed by atoms with E-state index in [9.17, 15) is 0 Å². The van der Waals surface area contributed by atoms with Crippen molar-refractivity contribution >= 4 is 0 Å². The molecular weight excluding hydrogens is 104 g/mol. The van der Waals surface area contributed by atoms with E-state index in [1.165, 1.54) is 0 Å². The van der Waals surface area contributed by atoms with Crippen LogP contribution in [0.5, 0.6) is 0 Å². The van der Waals surface area contributed by atoms with Gasteiger partial charge in [0.25, 0.3) is 5.79 Å². The van der Waals surface area contributed by atoms with Gasteiger partial charge in [0.1, 0.15) is 6.61 Å². The molecule has 1 rings (SSSR count). The van der Waals surface area contributed by atoms with E-state index >= 15 is 0 Å². The average Bonchev–Trinajstić information content (AvgIpc) is 1.82. The number of aliphatic hydroxyl groups is 2. The summed E-state index contributed by atoms with van der Waals surface area (Å²) in [7, 11) is 0. The summed E-state index contributed by atoms with van der Waals surface area (Å²) in [5.74, 6) is -0.209. The van der Waals surface area contributed by atoms with Crippen molar-refractivity contribution in [2.45, 2.75) is 32.7 Å². The van der Waals surface area contributed by atoms with Crippen molar-refractivity contribution in [3.63, 3.8) is 0 Å². The molecule has 1 N–H and O–H groups in total. The second kappa shape index (κ2) is 1.71. The lowest BCUT2D eigenvalue weighted by atomic mass is 10.4. The Labute approximate surface area is 49.8 Å². The molecule has 1 saturated heterocycles. The smallest absolute Gasteiger partial charge is 0.268 e. The Kier molecular flexibility index (Phi) is 1.29. The summed E-state index contributed by atoms with van der Waals surface area (Å²) in [5, 5.41) is 0. The molecule has 8 heavy (non-hydrogen) atoms. The van der Waals surface area contributed by atoms with Crippen molar-refractivity contribution in [3.8, 4) is 0 Å². The Morgan fingerprint density at radius 1 is 1.62 bits per heavy atom. The highest BCUT2D eigenvalue weighted by Crippen LogP contribution is 2.17. The van der Waals surface area contributed by atoms with Crippen LogP contribution in [0.4, 0.5) is 0 Å². The summed E-state index contributed by atoms with van der Waals surface area (Å²) < 4.78 is 9.58. The zero-order valence-corrected chi connectivity index (χ0v) is 5.64. The number of ether oxygens (including phenoxy) is 2. The van der Waals surface area contributed by atoms with Gasteiger partial charge in [-0.1, -0.05) is 0 Å². The number of hydrogen-bond donors (Lipinski definition) is 0. The molecule has 0 spiro atoms. The summed E-state index contributed by atoms with van der Waals surface area (Å²) in [6.07, 6.45) is 0.394. The summed E-state index contributed by atoms with van der Waals surface area (Å²) in [6.45, 7) is 6.81. The molecule has 2 nitrogen and oxygen atoms in total. The third-order valence-electron chi connectivity index (χ3n) is 1.21. The van der Waals surface area contributed by atoms with E-state index in [1.54, 1.807) is 0 Å². The number of rotatable bonds is 0. The predicted octanol–water partition coefficient (Wildman–Crippen LogP) is 0.669. The molecule has 1 unspecified atom stereocenters. The summed E-state index contributed by atoms with van der Waals surface area (Å²) in [5.41, 5.74) is 0. The second-order valence-corrected chi connectivity index (χ2v) is 2.74. The molecule has 48 valence electrons. The quantitative estimate of drug-likeness (QED) is 0.427. The SMILES string of the molecule is CC1COC(C)(C)[OH+]1. The van der Waals surface area contributed by atoms with Gasteiger partial charge in [-0.05, 0) is 0 Å². The lowest BCUT2D eigenvalue weighted by molar-refractivity contribution is -0.240. The fraction of sp³-hybridized carbons (Fsp3) is 1.00. The van der Waals surface area contributed by atoms with Crippen LogP contribution in [0.2, 0.25) is 0 Å². The largest absolute Gasteiger partial charge is 0.404 e. The van der Waals surface area contributed by atoms with E-state index in [4.69, 9.17) is 4.74 Å². The summed E-state index contributed by atoms with van der Waals surface area (Å²) in [4.78, 5) is 0. The molecular formula is C6H13O2+. The van der Waals surface area contributed by atoms with Crippen molar-refractivity contribution < 1.29 is 9.47 Å². The van der Waals surface area contributed by atoms with Gasteiger partial charge in [-0.25, -0.2) is 0 Å². The molecule has 1 aliphatic rings. The van der Waals surface area contributed by atoms with Crippen LogP contribution in [0.3, 0.4) is 0 Å². The maximum Gasteiger partial charge on any atom is 0.268 e. The Balaban J connectivity index is 2.44. The Bertz CT molecular complexity index is 88.5. The van der Waals surface area contributed by atoms with Gasteiger partial charge in [-0.3, -0.25) is 0 Å². The lowest BCUT2D eigenvalue weighted by Gasteiger charge is -2.10. The summed E-state index contributed by atoms with van der Waals surface area (Å²) >= 11 is 0. The van der Waals surface area contributed by atoms with Crippen LogP contribution >= 0.6 is 0 Å². The van der Waals surface area contributed by atoms with Crippen molar-refractivity contribution in [1.82, 2.24) is 0 Å². The molecule has 1 fully saturated rings. The lowest BCUT2D eigenvalue weighted by Crippen LogP contribution is -2.25. The van der Waals surface area contributed by atoms with Gasteiger partial charge in [0.15, 0.2) is 6.10 Å². The van der Waals surface area contributed by atoms with Crippen LogP contribution in [0.25, 0.3) is 0 Å². The van der Waals surface area contributed by atoms with Crippen molar-refractivity contribution in [1.29, 1.82) is 0 Å². The van der Waals surface area contributed by atoms with Gasteiger partial charge in [0.2, 0.25) is 0 Å². The zero-order chi connectivity index (χ0) is 6.20.